The van der Waals surface area contributed by atoms with Crippen LogP contribution in [-0.4, -0.2) is 109 Å². The van der Waals surface area contributed by atoms with E-state index in [0.717, 1.165) is 56.4 Å². The molecule has 2 N–H and O–H groups in total. The smallest absolute Gasteiger partial charge is 0.409 e. The van der Waals surface area contributed by atoms with Gasteiger partial charge in [-0.1, -0.05) is 50.1 Å². The molecule has 0 spiro atoms. The first kappa shape index (κ1) is 34.7. The lowest BCUT2D eigenvalue weighted by Gasteiger charge is -2.36. The summed E-state index contributed by atoms with van der Waals surface area (Å²) in [5.41, 5.74) is 2.48. The van der Waals surface area contributed by atoms with Crippen LogP contribution in [0.2, 0.25) is 0 Å². The minimum Gasteiger partial charge on any atom is -0.481 e. The second kappa shape index (κ2) is 17.5. The zero-order valence-corrected chi connectivity index (χ0v) is 27.0. The number of carboxylic acid groups (broad SMARTS) is 1. The number of piperidine rings is 1. The zero-order valence-electron chi connectivity index (χ0n) is 27.0. The first-order valence-electron chi connectivity index (χ1n) is 16.3. The number of amides is 3. The van der Waals surface area contributed by atoms with Gasteiger partial charge in [-0.3, -0.25) is 14.4 Å². The van der Waals surface area contributed by atoms with E-state index in [0.29, 0.717) is 37.9 Å². The Morgan fingerprint density at radius 2 is 1.76 bits per heavy atom. The number of rotatable bonds is 14. The molecular formula is C34H47N5O7. The molecule has 2 aromatic rings. The van der Waals surface area contributed by atoms with Gasteiger partial charge in [-0.05, 0) is 43.7 Å². The number of methoxy groups -OCH3 is 1. The first-order chi connectivity index (χ1) is 22.3. The number of piperazine rings is 1. The van der Waals surface area contributed by atoms with Crippen molar-refractivity contribution in [3.05, 3.63) is 48.2 Å². The summed E-state index contributed by atoms with van der Waals surface area (Å²) in [6.45, 7) is 5.81. The number of carboxylic acids is 1. The van der Waals surface area contributed by atoms with Crippen LogP contribution in [0.5, 0.6) is 0 Å². The average Bonchev–Trinajstić information content (AvgIpc) is 3.08. The van der Waals surface area contributed by atoms with Crippen molar-refractivity contribution in [1.29, 1.82) is 0 Å². The quantitative estimate of drug-likeness (QED) is 0.294. The van der Waals surface area contributed by atoms with Gasteiger partial charge in [-0.15, -0.1) is 0 Å². The maximum Gasteiger partial charge on any atom is 0.409 e. The number of aromatic nitrogens is 1. The maximum atomic E-state index is 13.8. The molecule has 12 nitrogen and oxygen atoms in total. The van der Waals surface area contributed by atoms with Gasteiger partial charge in [0.15, 0.2) is 0 Å². The number of carbonyl (C=O) groups is 4. The highest BCUT2D eigenvalue weighted by Gasteiger charge is 2.31. The normalized spacial score (nSPS) is 17.3. The summed E-state index contributed by atoms with van der Waals surface area (Å²) in [7, 11) is 1.70. The number of aliphatic carboxylic acids is 1. The molecule has 250 valence electrons. The third kappa shape index (κ3) is 9.90. The lowest BCUT2D eigenvalue weighted by Crippen LogP contribution is -2.56. The van der Waals surface area contributed by atoms with Crippen LogP contribution in [0.4, 0.5) is 10.5 Å². The second-order valence-electron chi connectivity index (χ2n) is 12.0. The number of hydrogen-bond acceptors (Lipinski definition) is 8. The molecule has 46 heavy (non-hydrogen) atoms. The standard InChI is InChI=1S/C34H47N5O7/c1-3-4-8-20-46-34(44)38-18-16-37(17-19-38)33(43)28(13-14-31(40)41)36-32(42)30-22-27(39-15-9-10-25(23-39)24-45-2)21-29(35-30)26-11-6-5-7-12-26/h5-7,11-12,21-22,25,28H,3-4,8-10,13-20,23-24H2,1-2H3,(H,36,42)(H,40,41)/t25?,28-/m0/s1. The summed E-state index contributed by atoms with van der Waals surface area (Å²) < 4.78 is 10.8. The molecule has 0 saturated carbocycles. The van der Waals surface area contributed by atoms with Crippen molar-refractivity contribution >= 4 is 29.6 Å². The number of carbonyl (C=O) groups excluding carboxylic acids is 3. The van der Waals surface area contributed by atoms with Crippen LogP contribution in [0.15, 0.2) is 42.5 Å². The third-order valence-electron chi connectivity index (χ3n) is 8.47. The second-order valence-corrected chi connectivity index (χ2v) is 12.0. The Morgan fingerprint density at radius 1 is 1.02 bits per heavy atom. The molecule has 2 saturated heterocycles. The molecule has 1 aromatic heterocycles. The molecule has 1 aromatic carbocycles. The first-order valence-corrected chi connectivity index (χ1v) is 16.3. The van der Waals surface area contributed by atoms with E-state index in [1.807, 2.05) is 36.4 Å². The molecule has 1 unspecified atom stereocenters. The van der Waals surface area contributed by atoms with Crippen LogP contribution in [0, 0.1) is 5.92 Å². The zero-order chi connectivity index (χ0) is 32.9. The number of nitrogens with one attached hydrogen (secondary N) is 1. The topological polar surface area (TPSA) is 142 Å². The van der Waals surface area contributed by atoms with Crippen LogP contribution in [0.1, 0.15) is 62.4 Å². The summed E-state index contributed by atoms with van der Waals surface area (Å²) in [4.78, 5) is 61.4. The Labute approximate surface area is 271 Å². The molecule has 0 aliphatic carbocycles. The Kier molecular flexibility index (Phi) is 13.2. The highest BCUT2D eigenvalue weighted by Crippen LogP contribution is 2.28. The van der Waals surface area contributed by atoms with Crippen molar-refractivity contribution in [3.8, 4) is 11.3 Å². The van der Waals surface area contributed by atoms with Crippen LogP contribution >= 0.6 is 0 Å². The summed E-state index contributed by atoms with van der Waals surface area (Å²) in [5, 5.41) is 12.2. The van der Waals surface area contributed by atoms with E-state index >= 15 is 0 Å². The van der Waals surface area contributed by atoms with Gasteiger partial charge in [-0.2, -0.15) is 0 Å². The predicted octanol–water partition coefficient (Wildman–Crippen LogP) is 4.05. The van der Waals surface area contributed by atoms with Gasteiger partial charge in [0.1, 0.15) is 11.7 Å². The van der Waals surface area contributed by atoms with Crippen molar-refractivity contribution in [2.75, 3.05) is 64.5 Å². The maximum absolute atomic E-state index is 13.8. The number of benzene rings is 1. The molecule has 2 atom stereocenters. The molecule has 2 aliphatic heterocycles. The summed E-state index contributed by atoms with van der Waals surface area (Å²) in [6.07, 6.45) is 4.11. The summed E-state index contributed by atoms with van der Waals surface area (Å²) >= 11 is 0. The highest BCUT2D eigenvalue weighted by molar-refractivity contribution is 5.97. The van der Waals surface area contributed by atoms with Gasteiger partial charge in [0.05, 0.1) is 18.9 Å². The summed E-state index contributed by atoms with van der Waals surface area (Å²) in [6, 6.07) is 12.2. The minimum atomic E-state index is -1.07. The lowest BCUT2D eigenvalue weighted by atomic mass is 9.98. The highest BCUT2D eigenvalue weighted by atomic mass is 16.6. The monoisotopic (exact) mass is 637 g/mol. The molecule has 0 bridgehead atoms. The van der Waals surface area contributed by atoms with Crippen LogP contribution < -0.4 is 10.2 Å². The molecule has 2 aliphatic rings. The van der Waals surface area contributed by atoms with E-state index in [2.05, 4.69) is 22.1 Å². The van der Waals surface area contributed by atoms with E-state index in [9.17, 15) is 24.3 Å². The number of anilines is 1. The van der Waals surface area contributed by atoms with Crippen LogP contribution in [0.3, 0.4) is 0 Å². The number of hydrogen-bond donors (Lipinski definition) is 2. The van der Waals surface area contributed by atoms with Crippen LogP contribution in [-0.2, 0) is 19.1 Å². The molecule has 3 amide bonds. The Morgan fingerprint density at radius 3 is 2.46 bits per heavy atom. The SMILES string of the molecule is CCCCCOC(=O)N1CCN(C(=O)[C@H](CCC(=O)O)NC(=O)c2cc(N3CCCC(COC)C3)cc(-c3ccccc3)n2)CC1. The number of ether oxygens (including phenoxy) is 2. The van der Waals surface area contributed by atoms with Crippen molar-refractivity contribution in [3.63, 3.8) is 0 Å². The Bertz CT molecular complexity index is 1310. The average molecular weight is 638 g/mol. The van der Waals surface area contributed by atoms with Gasteiger partial charge >= 0.3 is 12.1 Å². The number of unbranched alkanes of at least 4 members (excludes halogenated alkanes) is 2. The molecule has 4 rings (SSSR count). The fourth-order valence-corrected chi connectivity index (χ4v) is 5.93. The Balaban J connectivity index is 1.49. The fraction of sp³-hybridized carbons (Fsp3) is 0.559. The summed E-state index contributed by atoms with van der Waals surface area (Å²) in [5.74, 6) is -1.64. The molecule has 2 fully saturated rings. The molecule has 0 radical (unpaired) electrons. The predicted molar refractivity (Wildman–Crippen MR) is 174 cm³/mol. The largest absolute Gasteiger partial charge is 0.481 e. The van der Waals surface area contributed by atoms with Gasteiger partial charge in [0.25, 0.3) is 5.91 Å². The van der Waals surface area contributed by atoms with E-state index in [4.69, 9.17) is 9.47 Å². The van der Waals surface area contributed by atoms with Gasteiger partial charge in [0, 0.05) is 64.0 Å². The Hall–Kier alpha value is -4.19. The van der Waals surface area contributed by atoms with Crippen molar-refractivity contribution in [1.82, 2.24) is 20.1 Å². The van der Waals surface area contributed by atoms with Crippen molar-refractivity contribution < 1.29 is 33.8 Å². The van der Waals surface area contributed by atoms with Crippen LogP contribution in [0.25, 0.3) is 11.3 Å². The fourth-order valence-electron chi connectivity index (χ4n) is 5.93. The van der Waals surface area contributed by atoms with E-state index in [1.165, 1.54) is 0 Å². The third-order valence-corrected chi connectivity index (χ3v) is 8.47. The van der Waals surface area contributed by atoms with E-state index in [-0.39, 0.29) is 37.5 Å². The van der Waals surface area contributed by atoms with Crippen molar-refractivity contribution in [2.45, 2.75) is 57.9 Å². The van der Waals surface area contributed by atoms with Crippen molar-refractivity contribution in [2.24, 2.45) is 5.92 Å². The number of nitrogens with zero attached hydrogens (tertiary/aromatic N) is 4. The molecular weight excluding hydrogens is 590 g/mol. The minimum absolute atomic E-state index is 0.0738. The lowest BCUT2D eigenvalue weighted by molar-refractivity contribution is -0.138. The van der Waals surface area contributed by atoms with Gasteiger partial charge in [-0.25, -0.2) is 9.78 Å². The van der Waals surface area contributed by atoms with Gasteiger partial charge in [0.2, 0.25) is 5.91 Å². The van der Waals surface area contributed by atoms with Gasteiger partial charge < -0.3 is 34.6 Å². The van der Waals surface area contributed by atoms with E-state index < -0.39 is 24.0 Å². The molecule has 3 heterocycles. The number of pyridine rings is 1. The molecule has 12 heteroatoms. The van der Waals surface area contributed by atoms with E-state index in [1.54, 1.807) is 23.0 Å².